The van der Waals surface area contributed by atoms with Crippen molar-refractivity contribution in [3.8, 4) is 11.1 Å². The molecule has 0 fully saturated rings. The molecule has 0 aliphatic carbocycles. The van der Waals surface area contributed by atoms with E-state index in [-0.39, 0.29) is 0 Å². The summed E-state index contributed by atoms with van der Waals surface area (Å²) < 4.78 is 0. The van der Waals surface area contributed by atoms with E-state index in [2.05, 4.69) is 74.5 Å². The molecule has 0 aliphatic heterocycles. The molecule has 0 atom stereocenters. The van der Waals surface area contributed by atoms with Gasteiger partial charge in [0, 0.05) is 0 Å². The van der Waals surface area contributed by atoms with Crippen LogP contribution in [0.1, 0.15) is 11.1 Å². The molecule has 0 amide bonds. The average Bonchev–Trinajstić information content (AvgIpc) is 2.78. The van der Waals surface area contributed by atoms with Gasteiger partial charge < -0.3 is 10.6 Å². The van der Waals surface area contributed by atoms with E-state index in [9.17, 15) is 0 Å². The summed E-state index contributed by atoms with van der Waals surface area (Å²) in [6.45, 7) is 4.17. The molecule has 4 aromatic rings. The maximum atomic E-state index is 4.94. The van der Waals surface area contributed by atoms with Gasteiger partial charge in [0.25, 0.3) is 0 Å². The quantitative estimate of drug-likeness (QED) is 0.254. The Morgan fingerprint density at radius 3 is 1.13 bits per heavy atom. The number of halogens is 2. The Morgan fingerprint density at radius 2 is 0.774 bits per heavy atom. The van der Waals surface area contributed by atoms with E-state index in [4.69, 9.17) is 29.2 Å². The summed E-state index contributed by atoms with van der Waals surface area (Å²) in [5.41, 5.74) is 8.36. The van der Waals surface area contributed by atoms with Gasteiger partial charge in [-0.2, -0.15) is 0 Å². The second-order valence-electron chi connectivity index (χ2n) is 6.90. The van der Waals surface area contributed by atoms with Gasteiger partial charge in [0.05, 0.1) is 0 Å². The zero-order valence-corrected chi connectivity index (χ0v) is 20.5. The second kappa shape index (κ2) is 12.0. The van der Waals surface area contributed by atoms with Crippen molar-refractivity contribution in [1.29, 1.82) is 0 Å². The predicted octanol–water partition coefficient (Wildman–Crippen LogP) is 10.0. The van der Waals surface area contributed by atoms with Crippen molar-refractivity contribution in [3.63, 3.8) is 0 Å². The van der Waals surface area contributed by atoms with Crippen LogP contribution in [0.2, 0.25) is 0 Å². The SMILES string of the molecule is Cc1ccccc1[N-]c1ccccc1-c1ccccc1[N-]c1ccccc1C.[Cl][Ti][Cl]. The average molecular weight is 481 g/mol. The van der Waals surface area contributed by atoms with E-state index < -0.39 is 17.0 Å². The number of nitrogens with zero attached hydrogens (tertiary/aromatic N) is 2. The molecule has 0 unspecified atom stereocenters. The summed E-state index contributed by atoms with van der Waals surface area (Å²) in [6.07, 6.45) is 0. The summed E-state index contributed by atoms with van der Waals surface area (Å²) in [4.78, 5) is 0. The van der Waals surface area contributed by atoms with E-state index >= 15 is 0 Å². The Kier molecular flexibility index (Phi) is 9.05. The molecule has 2 nitrogen and oxygen atoms in total. The Bertz CT molecular complexity index is 1040. The predicted molar refractivity (Wildman–Crippen MR) is 131 cm³/mol. The fourth-order valence-electron chi connectivity index (χ4n) is 3.24. The monoisotopic (exact) mass is 480 g/mol. The molecular weight excluding hydrogens is 459 g/mol. The molecule has 0 heterocycles. The van der Waals surface area contributed by atoms with Crippen LogP contribution in [0, 0.1) is 13.8 Å². The molecule has 4 aromatic carbocycles. The molecule has 4 rings (SSSR count). The van der Waals surface area contributed by atoms with E-state index in [1.807, 2.05) is 36.4 Å². The van der Waals surface area contributed by atoms with Gasteiger partial charge >= 0.3 is 35.6 Å². The topological polar surface area (TPSA) is 28.2 Å². The molecule has 31 heavy (non-hydrogen) atoms. The zero-order valence-electron chi connectivity index (χ0n) is 17.4. The van der Waals surface area contributed by atoms with E-state index in [0.717, 1.165) is 45.0 Å². The maximum absolute atomic E-state index is 4.94. The summed E-state index contributed by atoms with van der Waals surface area (Å²) >= 11 is -0.556. The molecule has 0 N–H and O–H groups in total. The van der Waals surface area contributed by atoms with Crippen molar-refractivity contribution >= 4 is 41.4 Å². The number of hydrogen-bond acceptors (Lipinski definition) is 0. The van der Waals surface area contributed by atoms with Crippen molar-refractivity contribution < 1.29 is 17.0 Å². The first-order chi connectivity index (χ1) is 15.1. The number of hydrogen-bond donors (Lipinski definition) is 0. The Balaban J connectivity index is 0.000000858. The van der Waals surface area contributed by atoms with E-state index in [1.54, 1.807) is 0 Å². The number of aryl methyl sites for hydroxylation is 2. The Morgan fingerprint density at radius 1 is 0.484 bits per heavy atom. The summed E-state index contributed by atoms with van der Waals surface area (Å²) in [5.74, 6) is 0. The number of benzene rings is 4. The van der Waals surface area contributed by atoms with Gasteiger partial charge in [-0.3, -0.25) is 0 Å². The third kappa shape index (κ3) is 6.38. The van der Waals surface area contributed by atoms with Gasteiger partial charge in [-0.25, -0.2) is 0 Å². The van der Waals surface area contributed by atoms with E-state index in [1.165, 1.54) is 0 Å². The number of rotatable bonds is 5. The Labute approximate surface area is 201 Å². The van der Waals surface area contributed by atoms with Gasteiger partial charge in [0.15, 0.2) is 0 Å². The Hall–Kier alpha value is -2.23. The van der Waals surface area contributed by atoms with Crippen molar-refractivity contribution in [2.75, 3.05) is 0 Å². The van der Waals surface area contributed by atoms with Crippen molar-refractivity contribution in [2.45, 2.75) is 13.8 Å². The molecule has 156 valence electrons. The molecule has 0 saturated heterocycles. The molecule has 0 spiro atoms. The van der Waals surface area contributed by atoms with Crippen LogP contribution in [-0.2, 0) is 17.0 Å². The van der Waals surface area contributed by atoms with Crippen LogP contribution in [0.3, 0.4) is 0 Å². The van der Waals surface area contributed by atoms with Crippen molar-refractivity contribution in [2.24, 2.45) is 0 Å². The van der Waals surface area contributed by atoms with Crippen LogP contribution in [0.15, 0.2) is 97.1 Å². The third-order valence-electron chi connectivity index (χ3n) is 4.81. The summed E-state index contributed by atoms with van der Waals surface area (Å²) in [5, 5.41) is 9.88. The van der Waals surface area contributed by atoms with Crippen LogP contribution < -0.4 is 0 Å². The van der Waals surface area contributed by atoms with Gasteiger partial charge in [-0.1, -0.05) is 108 Å². The van der Waals surface area contributed by atoms with Crippen LogP contribution in [0.25, 0.3) is 21.8 Å². The van der Waals surface area contributed by atoms with Gasteiger partial charge in [0.2, 0.25) is 0 Å². The first-order valence-electron chi connectivity index (χ1n) is 9.83. The standard InChI is InChI=1S/C26H22N2.2ClH.Ti/c1-19-11-3-7-15-23(19)27-25-17-9-5-13-21(25)22-14-6-10-18-26(22)28-24-16-8-4-12-20(24)2;;;/h3-18H,1-2H3;2*1H;/q-2;;;+2/p-2. The molecule has 0 bridgehead atoms. The minimum atomic E-state index is -0.556. The van der Waals surface area contributed by atoms with E-state index in [0.29, 0.717) is 0 Å². The fourth-order valence-corrected chi connectivity index (χ4v) is 3.24. The van der Waals surface area contributed by atoms with Crippen LogP contribution in [0.4, 0.5) is 22.7 Å². The second-order valence-corrected chi connectivity index (χ2v) is 9.48. The van der Waals surface area contributed by atoms with Crippen LogP contribution >= 0.6 is 18.6 Å². The molecule has 0 radical (unpaired) electrons. The summed E-state index contributed by atoms with van der Waals surface area (Å²) in [6, 6.07) is 32.9. The normalized spacial score (nSPS) is 9.94. The third-order valence-corrected chi connectivity index (χ3v) is 4.81. The van der Waals surface area contributed by atoms with Gasteiger partial charge in [0.1, 0.15) is 0 Å². The summed E-state index contributed by atoms with van der Waals surface area (Å²) in [7, 11) is 9.78. The number of para-hydroxylation sites is 4. The fraction of sp³-hybridized carbons (Fsp3) is 0.0769. The van der Waals surface area contributed by atoms with Crippen LogP contribution in [0.5, 0.6) is 0 Å². The zero-order chi connectivity index (χ0) is 22.1. The minimum absolute atomic E-state index is 0.556. The molecule has 5 heteroatoms. The molecule has 0 saturated carbocycles. The molecular formula is C26H22Cl2N2Ti-2. The van der Waals surface area contributed by atoms with Gasteiger partial charge in [-0.05, 0) is 25.0 Å². The first kappa shape index (κ1) is 23.4. The first-order valence-corrected chi connectivity index (χ1v) is 14.1. The molecule has 0 aliphatic rings. The van der Waals surface area contributed by atoms with Crippen LogP contribution in [-0.4, -0.2) is 0 Å². The molecule has 0 aromatic heterocycles. The van der Waals surface area contributed by atoms with Gasteiger partial charge in [-0.15, -0.1) is 22.7 Å². The van der Waals surface area contributed by atoms with Crippen molar-refractivity contribution in [1.82, 2.24) is 0 Å². The van der Waals surface area contributed by atoms with Crippen molar-refractivity contribution in [3.05, 3.63) is 119 Å².